The van der Waals surface area contributed by atoms with Gasteiger partial charge >= 0.3 is 0 Å². The summed E-state index contributed by atoms with van der Waals surface area (Å²) < 4.78 is 0. The molecule has 4 aromatic rings. The number of benzene rings is 2. The highest BCUT2D eigenvalue weighted by Gasteiger charge is 2.15. The second-order valence-electron chi connectivity index (χ2n) is 7.48. The fourth-order valence-electron chi connectivity index (χ4n) is 3.52. The van der Waals surface area contributed by atoms with E-state index < -0.39 is 0 Å². The van der Waals surface area contributed by atoms with Crippen LogP contribution in [0.1, 0.15) is 28.5 Å². The Balaban J connectivity index is 1.58. The smallest absolute Gasteiger partial charge is 0.253 e. The summed E-state index contributed by atoms with van der Waals surface area (Å²) in [5.74, 6) is 0. The number of hydrogen-bond donors (Lipinski definition) is 2. The standard InChI is InChI=1S/C25H25N3OS2/c1-2-18-10-11-23-20(13-18)14-21(24(29)27-23)16-28(17-22-9-6-12-31-22)25(30)26-15-19-7-4-3-5-8-19/h3-14H,2,15-17H2,1H3,(H,26,30)(H,27,29). The van der Waals surface area contributed by atoms with Crippen molar-refractivity contribution in [2.24, 2.45) is 0 Å². The lowest BCUT2D eigenvalue weighted by molar-refractivity contribution is 0.400. The molecule has 4 nitrogen and oxygen atoms in total. The van der Waals surface area contributed by atoms with Crippen molar-refractivity contribution >= 4 is 39.6 Å². The molecule has 0 fully saturated rings. The van der Waals surface area contributed by atoms with Crippen LogP contribution in [-0.4, -0.2) is 15.0 Å². The van der Waals surface area contributed by atoms with E-state index in [-0.39, 0.29) is 5.56 Å². The SMILES string of the molecule is CCc1ccc2[nH]c(=O)c(CN(Cc3cccs3)C(=S)NCc3ccccc3)cc2c1. The summed E-state index contributed by atoms with van der Waals surface area (Å²) >= 11 is 7.42. The number of H-pyrrole nitrogens is 1. The van der Waals surface area contributed by atoms with E-state index in [4.69, 9.17) is 12.2 Å². The molecule has 2 aromatic heterocycles. The largest absolute Gasteiger partial charge is 0.358 e. The van der Waals surface area contributed by atoms with E-state index in [0.29, 0.717) is 30.3 Å². The van der Waals surface area contributed by atoms with Gasteiger partial charge in [0.05, 0.1) is 13.1 Å². The summed E-state index contributed by atoms with van der Waals surface area (Å²) in [5.41, 5.74) is 3.91. The van der Waals surface area contributed by atoms with Gasteiger partial charge in [-0.25, -0.2) is 0 Å². The van der Waals surface area contributed by atoms with Gasteiger partial charge in [0.25, 0.3) is 5.56 Å². The van der Waals surface area contributed by atoms with Gasteiger partial charge in [-0.3, -0.25) is 4.79 Å². The molecular weight excluding hydrogens is 422 g/mol. The van der Waals surface area contributed by atoms with Gasteiger partial charge in [-0.1, -0.05) is 49.4 Å². The monoisotopic (exact) mass is 447 g/mol. The summed E-state index contributed by atoms with van der Waals surface area (Å²) in [6.45, 7) is 3.88. The molecule has 6 heteroatoms. The maximum absolute atomic E-state index is 12.8. The van der Waals surface area contributed by atoms with Gasteiger partial charge in [-0.05, 0) is 64.8 Å². The molecule has 2 N–H and O–H groups in total. The number of aryl methyl sites for hydroxylation is 1. The van der Waals surface area contributed by atoms with Gasteiger partial charge in [0.2, 0.25) is 0 Å². The Kier molecular flexibility index (Phi) is 6.79. The lowest BCUT2D eigenvalue weighted by Gasteiger charge is -2.25. The zero-order chi connectivity index (χ0) is 21.6. The van der Waals surface area contributed by atoms with Crippen LogP contribution in [0.15, 0.2) is 76.9 Å². The molecule has 2 aromatic carbocycles. The maximum atomic E-state index is 12.8. The topological polar surface area (TPSA) is 48.1 Å². The molecule has 0 amide bonds. The van der Waals surface area contributed by atoms with Crippen molar-refractivity contribution in [1.82, 2.24) is 15.2 Å². The molecule has 0 saturated heterocycles. The molecule has 0 saturated carbocycles. The normalized spacial score (nSPS) is 10.9. The predicted octanol–water partition coefficient (Wildman–Crippen LogP) is 5.23. The third-order valence-corrected chi connectivity index (χ3v) is 6.52. The van der Waals surface area contributed by atoms with Gasteiger partial charge in [0.15, 0.2) is 5.11 Å². The van der Waals surface area contributed by atoms with Crippen LogP contribution in [0.3, 0.4) is 0 Å². The van der Waals surface area contributed by atoms with Crippen LogP contribution >= 0.6 is 23.6 Å². The number of pyridine rings is 1. The van der Waals surface area contributed by atoms with Crippen LogP contribution in [0.2, 0.25) is 0 Å². The molecule has 0 spiro atoms. The van der Waals surface area contributed by atoms with Crippen molar-refractivity contribution < 1.29 is 0 Å². The highest BCUT2D eigenvalue weighted by Crippen LogP contribution is 2.17. The zero-order valence-electron chi connectivity index (χ0n) is 17.4. The number of rotatable bonds is 7. The van der Waals surface area contributed by atoms with Crippen molar-refractivity contribution in [3.05, 3.63) is 104 Å². The summed E-state index contributed by atoms with van der Waals surface area (Å²) in [6, 6.07) is 22.5. The Morgan fingerprint density at radius 1 is 1.03 bits per heavy atom. The number of aromatic amines is 1. The van der Waals surface area contributed by atoms with E-state index in [1.54, 1.807) is 11.3 Å². The quantitative estimate of drug-likeness (QED) is 0.381. The minimum Gasteiger partial charge on any atom is -0.358 e. The molecule has 2 heterocycles. The average Bonchev–Trinajstić information content (AvgIpc) is 3.31. The molecule has 0 radical (unpaired) electrons. The first-order valence-electron chi connectivity index (χ1n) is 10.4. The van der Waals surface area contributed by atoms with Crippen LogP contribution in [0, 0.1) is 0 Å². The zero-order valence-corrected chi connectivity index (χ0v) is 19.1. The van der Waals surface area contributed by atoms with E-state index in [9.17, 15) is 4.79 Å². The van der Waals surface area contributed by atoms with Gasteiger partial charge in [0.1, 0.15) is 0 Å². The second-order valence-corrected chi connectivity index (χ2v) is 8.90. The van der Waals surface area contributed by atoms with E-state index in [0.717, 1.165) is 22.9 Å². The minimum atomic E-state index is -0.0706. The van der Waals surface area contributed by atoms with Crippen LogP contribution in [-0.2, 0) is 26.1 Å². The molecule has 0 aliphatic heterocycles. The average molecular weight is 448 g/mol. The van der Waals surface area contributed by atoms with Gasteiger partial charge in [-0.15, -0.1) is 11.3 Å². The number of thiophene rings is 1. The Bertz CT molecular complexity index is 1220. The molecule has 0 bridgehead atoms. The van der Waals surface area contributed by atoms with Crippen LogP contribution in [0.5, 0.6) is 0 Å². The van der Waals surface area contributed by atoms with Crippen LogP contribution in [0.4, 0.5) is 0 Å². The fraction of sp³-hybridized carbons (Fsp3) is 0.200. The summed E-state index contributed by atoms with van der Waals surface area (Å²) in [5, 5.41) is 7.10. The summed E-state index contributed by atoms with van der Waals surface area (Å²) in [4.78, 5) is 19.1. The van der Waals surface area contributed by atoms with Crippen LogP contribution in [0.25, 0.3) is 10.9 Å². The first kappa shape index (κ1) is 21.3. The van der Waals surface area contributed by atoms with Gasteiger partial charge in [0, 0.05) is 22.5 Å². The van der Waals surface area contributed by atoms with Gasteiger partial charge in [-0.2, -0.15) is 0 Å². The molecule has 0 aliphatic rings. The number of nitrogens with one attached hydrogen (secondary N) is 2. The molecule has 0 atom stereocenters. The number of nitrogens with zero attached hydrogens (tertiary/aromatic N) is 1. The Morgan fingerprint density at radius 2 is 1.87 bits per heavy atom. The second kappa shape index (κ2) is 9.90. The molecule has 158 valence electrons. The minimum absolute atomic E-state index is 0.0706. The van der Waals surface area contributed by atoms with Crippen LogP contribution < -0.4 is 10.9 Å². The highest BCUT2D eigenvalue weighted by molar-refractivity contribution is 7.80. The van der Waals surface area contributed by atoms with Crippen molar-refractivity contribution in [3.63, 3.8) is 0 Å². The van der Waals surface area contributed by atoms with E-state index in [1.807, 2.05) is 36.4 Å². The molecule has 0 aliphatic carbocycles. The third kappa shape index (κ3) is 5.40. The van der Waals surface area contributed by atoms with Crippen molar-refractivity contribution in [1.29, 1.82) is 0 Å². The Morgan fingerprint density at radius 3 is 2.61 bits per heavy atom. The first-order valence-corrected chi connectivity index (χ1v) is 11.6. The molecule has 4 rings (SSSR count). The van der Waals surface area contributed by atoms with E-state index in [1.165, 1.54) is 10.4 Å². The number of aromatic nitrogens is 1. The maximum Gasteiger partial charge on any atom is 0.253 e. The first-order chi connectivity index (χ1) is 15.1. The highest BCUT2D eigenvalue weighted by atomic mass is 32.1. The van der Waals surface area contributed by atoms with E-state index in [2.05, 4.69) is 57.8 Å². The number of fused-ring (bicyclic) bond motifs is 1. The number of hydrogen-bond acceptors (Lipinski definition) is 3. The number of thiocarbonyl (C=S) groups is 1. The third-order valence-electron chi connectivity index (χ3n) is 5.26. The lowest BCUT2D eigenvalue weighted by Crippen LogP contribution is -2.39. The van der Waals surface area contributed by atoms with Gasteiger partial charge < -0.3 is 15.2 Å². The molecule has 0 unspecified atom stereocenters. The predicted molar refractivity (Wildman–Crippen MR) is 133 cm³/mol. The molecule has 31 heavy (non-hydrogen) atoms. The molecular formula is C25H25N3OS2. The lowest BCUT2D eigenvalue weighted by atomic mass is 10.1. The summed E-state index contributed by atoms with van der Waals surface area (Å²) in [7, 11) is 0. The Hall–Kier alpha value is -2.96. The van der Waals surface area contributed by atoms with Crippen molar-refractivity contribution in [2.45, 2.75) is 33.0 Å². The Labute approximate surface area is 191 Å². The van der Waals surface area contributed by atoms with Crippen molar-refractivity contribution in [3.8, 4) is 0 Å². The van der Waals surface area contributed by atoms with E-state index >= 15 is 0 Å². The summed E-state index contributed by atoms with van der Waals surface area (Å²) in [6.07, 6.45) is 0.961. The fourth-order valence-corrected chi connectivity index (χ4v) is 4.44. The van der Waals surface area contributed by atoms with Crippen molar-refractivity contribution in [2.75, 3.05) is 0 Å².